The Balaban J connectivity index is 2.31. The SMILES string of the molecule is COCCOc1ncccc1NC(=O)c1cc(S(=O)(=O)N(C)C(C)C)ccc1Cl. The van der Waals surface area contributed by atoms with Gasteiger partial charge >= 0.3 is 0 Å². The van der Waals surface area contributed by atoms with E-state index in [0.717, 1.165) is 0 Å². The molecular formula is C19H24ClN3O5S. The molecule has 1 aromatic carbocycles. The van der Waals surface area contributed by atoms with Gasteiger partial charge in [-0.15, -0.1) is 0 Å². The number of halogens is 1. The van der Waals surface area contributed by atoms with E-state index in [9.17, 15) is 13.2 Å². The molecule has 29 heavy (non-hydrogen) atoms. The maximum atomic E-state index is 12.8. The van der Waals surface area contributed by atoms with Crippen LogP contribution in [0.4, 0.5) is 5.69 Å². The van der Waals surface area contributed by atoms with E-state index in [-0.39, 0.29) is 34.0 Å². The van der Waals surface area contributed by atoms with Crippen LogP contribution in [0.3, 0.4) is 0 Å². The van der Waals surface area contributed by atoms with Gasteiger partial charge in [-0.1, -0.05) is 11.6 Å². The number of benzene rings is 1. The summed E-state index contributed by atoms with van der Waals surface area (Å²) in [6, 6.07) is 7.03. The van der Waals surface area contributed by atoms with Crippen LogP contribution in [-0.4, -0.2) is 57.0 Å². The maximum absolute atomic E-state index is 12.8. The van der Waals surface area contributed by atoms with Gasteiger partial charge < -0.3 is 14.8 Å². The molecule has 1 amide bonds. The van der Waals surface area contributed by atoms with Gasteiger partial charge in [0.1, 0.15) is 12.3 Å². The van der Waals surface area contributed by atoms with Gasteiger partial charge in [0.15, 0.2) is 0 Å². The van der Waals surface area contributed by atoms with Gasteiger partial charge in [-0.05, 0) is 44.2 Å². The van der Waals surface area contributed by atoms with Crippen LogP contribution in [0.5, 0.6) is 5.88 Å². The first-order valence-electron chi connectivity index (χ1n) is 8.84. The minimum absolute atomic E-state index is 0.0222. The number of amides is 1. The first-order chi connectivity index (χ1) is 13.7. The zero-order valence-corrected chi connectivity index (χ0v) is 18.2. The molecule has 10 heteroatoms. The van der Waals surface area contributed by atoms with E-state index in [2.05, 4.69) is 10.3 Å². The number of rotatable bonds is 9. The van der Waals surface area contributed by atoms with Crippen molar-refractivity contribution in [3.05, 3.63) is 47.1 Å². The Labute approximate surface area is 175 Å². The molecule has 0 atom stereocenters. The Morgan fingerprint density at radius 2 is 2.00 bits per heavy atom. The van der Waals surface area contributed by atoms with Crippen molar-refractivity contribution in [3.63, 3.8) is 0 Å². The third-order valence-electron chi connectivity index (χ3n) is 4.13. The molecule has 0 unspecified atom stereocenters. The molecule has 0 aliphatic rings. The largest absolute Gasteiger partial charge is 0.474 e. The van der Waals surface area contributed by atoms with Crippen LogP contribution in [0, 0.1) is 0 Å². The number of nitrogens with zero attached hydrogens (tertiary/aromatic N) is 2. The number of anilines is 1. The van der Waals surface area contributed by atoms with Crippen molar-refractivity contribution >= 4 is 33.2 Å². The second-order valence-corrected chi connectivity index (χ2v) is 8.81. The minimum Gasteiger partial charge on any atom is -0.474 e. The number of carbonyl (C=O) groups is 1. The molecule has 0 saturated carbocycles. The predicted molar refractivity (Wildman–Crippen MR) is 111 cm³/mol. The Bertz CT molecular complexity index is 966. The second-order valence-electron chi connectivity index (χ2n) is 6.41. The molecule has 8 nitrogen and oxygen atoms in total. The van der Waals surface area contributed by atoms with Crippen LogP contribution >= 0.6 is 11.6 Å². The Morgan fingerprint density at radius 3 is 2.66 bits per heavy atom. The minimum atomic E-state index is -3.76. The van der Waals surface area contributed by atoms with Crippen molar-refractivity contribution in [1.29, 1.82) is 0 Å². The van der Waals surface area contributed by atoms with E-state index < -0.39 is 15.9 Å². The zero-order chi connectivity index (χ0) is 21.6. The summed E-state index contributed by atoms with van der Waals surface area (Å²) in [7, 11) is -0.738. The predicted octanol–water partition coefficient (Wildman–Crippen LogP) is 3.04. The summed E-state index contributed by atoms with van der Waals surface area (Å²) in [4.78, 5) is 16.9. The number of pyridine rings is 1. The fourth-order valence-corrected chi connectivity index (χ4v) is 3.89. The quantitative estimate of drug-likeness (QED) is 0.600. The van der Waals surface area contributed by atoms with Crippen molar-refractivity contribution in [2.24, 2.45) is 0 Å². The van der Waals surface area contributed by atoms with Crippen molar-refractivity contribution in [3.8, 4) is 5.88 Å². The molecule has 1 N–H and O–H groups in total. The number of aromatic nitrogens is 1. The molecule has 0 fully saturated rings. The summed E-state index contributed by atoms with van der Waals surface area (Å²) in [6.07, 6.45) is 1.53. The first kappa shape index (κ1) is 23.1. The molecule has 0 radical (unpaired) electrons. The molecule has 0 aliphatic carbocycles. The molecule has 0 aliphatic heterocycles. The fraction of sp³-hybridized carbons (Fsp3) is 0.368. The highest BCUT2D eigenvalue weighted by atomic mass is 35.5. The normalized spacial score (nSPS) is 11.7. The van der Waals surface area contributed by atoms with E-state index in [1.165, 1.54) is 35.7 Å². The average molecular weight is 442 g/mol. The van der Waals surface area contributed by atoms with Gasteiger partial charge in [-0.25, -0.2) is 13.4 Å². The summed E-state index contributed by atoms with van der Waals surface area (Å²) in [5.41, 5.74) is 0.355. The van der Waals surface area contributed by atoms with Gasteiger partial charge in [-0.3, -0.25) is 4.79 Å². The van der Waals surface area contributed by atoms with E-state index in [1.54, 1.807) is 33.1 Å². The highest BCUT2D eigenvalue weighted by molar-refractivity contribution is 7.89. The number of methoxy groups -OCH3 is 1. The van der Waals surface area contributed by atoms with Crippen LogP contribution in [0.1, 0.15) is 24.2 Å². The zero-order valence-electron chi connectivity index (χ0n) is 16.7. The lowest BCUT2D eigenvalue weighted by molar-refractivity contribution is 0.102. The van der Waals surface area contributed by atoms with Crippen molar-refractivity contribution in [2.75, 3.05) is 32.7 Å². The lowest BCUT2D eigenvalue weighted by Gasteiger charge is -2.21. The summed E-state index contributed by atoms with van der Waals surface area (Å²) in [5, 5.41) is 2.79. The van der Waals surface area contributed by atoms with Crippen LogP contribution in [0.2, 0.25) is 5.02 Å². The Morgan fingerprint density at radius 1 is 1.28 bits per heavy atom. The molecule has 0 spiro atoms. The fourth-order valence-electron chi connectivity index (χ4n) is 2.29. The van der Waals surface area contributed by atoms with Gasteiger partial charge in [0.2, 0.25) is 15.9 Å². The van der Waals surface area contributed by atoms with Crippen LogP contribution in [0.25, 0.3) is 0 Å². The molecule has 158 valence electrons. The van der Waals surface area contributed by atoms with Gasteiger partial charge in [0.25, 0.3) is 5.91 Å². The average Bonchev–Trinajstić information content (AvgIpc) is 2.68. The standard InChI is InChI=1S/C19H24ClN3O5S/c1-13(2)23(3)29(25,26)14-7-8-16(20)15(12-14)18(24)22-17-6-5-9-21-19(17)28-11-10-27-4/h5-9,12-13H,10-11H2,1-4H3,(H,22,24). The number of sulfonamides is 1. The van der Waals surface area contributed by atoms with E-state index in [0.29, 0.717) is 12.3 Å². The van der Waals surface area contributed by atoms with Gasteiger partial charge in [0, 0.05) is 26.4 Å². The van der Waals surface area contributed by atoms with E-state index in [1.807, 2.05) is 0 Å². The maximum Gasteiger partial charge on any atom is 0.257 e. The third-order valence-corrected chi connectivity index (χ3v) is 6.49. The van der Waals surface area contributed by atoms with Crippen LogP contribution < -0.4 is 10.1 Å². The summed E-state index contributed by atoms with van der Waals surface area (Å²) < 4.78 is 37.1. The van der Waals surface area contributed by atoms with Crippen LogP contribution in [-0.2, 0) is 14.8 Å². The van der Waals surface area contributed by atoms with Crippen molar-refractivity contribution in [2.45, 2.75) is 24.8 Å². The van der Waals surface area contributed by atoms with Gasteiger partial charge in [0.05, 0.1) is 22.1 Å². The summed E-state index contributed by atoms with van der Waals surface area (Å²) >= 11 is 6.16. The van der Waals surface area contributed by atoms with Gasteiger partial charge in [-0.2, -0.15) is 4.31 Å². The highest BCUT2D eigenvalue weighted by Crippen LogP contribution is 2.26. The molecule has 0 bridgehead atoms. The van der Waals surface area contributed by atoms with Crippen LogP contribution in [0.15, 0.2) is 41.4 Å². The smallest absolute Gasteiger partial charge is 0.257 e. The Hall–Kier alpha value is -2.20. The number of carbonyl (C=O) groups excluding carboxylic acids is 1. The number of hydrogen-bond donors (Lipinski definition) is 1. The monoisotopic (exact) mass is 441 g/mol. The van der Waals surface area contributed by atoms with E-state index in [4.69, 9.17) is 21.1 Å². The van der Waals surface area contributed by atoms with Crippen molar-refractivity contribution < 1.29 is 22.7 Å². The van der Waals surface area contributed by atoms with Crippen molar-refractivity contribution in [1.82, 2.24) is 9.29 Å². The molecule has 0 saturated heterocycles. The second kappa shape index (κ2) is 10.0. The number of hydrogen-bond acceptors (Lipinski definition) is 6. The third kappa shape index (κ3) is 5.66. The highest BCUT2D eigenvalue weighted by Gasteiger charge is 2.25. The number of nitrogens with one attached hydrogen (secondary N) is 1. The lowest BCUT2D eigenvalue weighted by atomic mass is 10.2. The molecule has 2 rings (SSSR count). The summed E-state index contributed by atoms with van der Waals surface area (Å²) in [6.45, 7) is 4.13. The molecule has 1 aromatic heterocycles. The Kier molecular flexibility index (Phi) is 7.97. The topological polar surface area (TPSA) is 97.8 Å². The lowest BCUT2D eigenvalue weighted by Crippen LogP contribution is -2.33. The van der Waals surface area contributed by atoms with E-state index >= 15 is 0 Å². The first-order valence-corrected chi connectivity index (χ1v) is 10.7. The molecule has 1 heterocycles. The molecular weight excluding hydrogens is 418 g/mol. The summed E-state index contributed by atoms with van der Waals surface area (Å²) in [5.74, 6) is -0.360. The number of ether oxygens (including phenoxy) is 2. The molecule has 2 aromatic rings.